The highest BCUT2D eigenvalue weighted by Gasteiger charge is 2.34. The van der Waals surface area contributed by atoms with E-state index in [1.165, 1.54) is 0 Å². The van der Waals surface area contributed by atoms with Gasteiger partial charge in [0.2, 0.25) is 11.9 Å². The van der Waals surface area contributed by atoms with Crippen LogP contribution in [0.25, 0.3) is 22.2 Å². The third kappa shape index (κ3) is 5.37. The fourth-order valence-corrected chi connectivity index (χ4v) is 5.11. The van der Waals surface area contributed by atoms with Gasteiger partial charge in [0.25, 0.3) is 0 Å². The lowest BCUT2D eigenvalue weighted by molar-refractivity contribution is -0.134. The van der Waals surface area contributed by atoms with Crippen LogP contribution in [0.3, 0.4) is 0 Å². The number of carbonyl (C=O) groups is 1. The fourth-order valence-electron chi connectivity index (χ4n) is 5.11. The van der Waals surface area contributed by atoms with Gasteiger partial charge in [0.15, 0.2) is 5.75 Å². The second-order valence-electron chi connectivity index (χ2n) is 9.98. The molecule has 0 atom stereocenters. The largest absolute Gasteiger partial charge is 0.494 e. The van der Waals surface area contributed by atoms with Crippen LogP contribution in [0.4, 0.5) is 11.8 Å². The van der Waals surface area contributed by atoms with Gasteiger partial charge in [-0.2, -0.15) is 0 Å². The first-order chi connectivity index (χ1) is 19.1. The van der Waals surface area contributed by atoms with Crippen molar-refractivity contribution in [2.24, 2.45) is 5.92 Å². The molecule has 0 radical (unpaired) electrons. The third-order valence-electron chi connectivity index (χ3n) is 7.28. The first-order valence-electron chi connectivity index (χ1n) is 13.5. The maximum atomic E-state index is 12.4. The lowest BCUT2D eigenvalue weighted by atomic mass is 10.0. The number of aromatic amines is 1. The van der Waals surface area contributed by atoms with Gasteiger partial charge in [0.1, 0.15) is 17.1 Å². The number of hydrogen-bond donors (Lipinski definition) is 2. The van der Waals surface area contributed by atoms with Crippen LogP contribution >= 0.6 is 0 Å². The predicted molar refractivity (Wildman–Crippen MR) is 149 cm³/mol. The molecule has 6 rings (SSSR count). The maximum Gasteiger partial charge on any atom is 0.225 e. The Bertz CT molecular complexity index is 1480. The summed E-state index contributed by atoms with van der Waals surface area (Å²) in [4.78, 5) is 33.6. The highest BCUT2D eigenvalue weighted by atomic mass is 16.5. The van der Waals surface area contributed by atoms with Crippen molar-refractivity contribution in [3.63, 3.8) is 0 Å². The molecule has 4 aromatic rings. The van der Waals surface area contributed by atoms with Gasteiger partial charge in [-0.1, -0.05) is 0 Å². The minimum atomic E-state index is 0.290. The molecule has 2 aliphatic rings. The van der Waals surface area contributed by atoms with Crippen LogP contribution in [-0.4, -0.2) is 75.5 Å². The zero-order valence-corrected chi connectivity index (χ0v) is 22.3. The van der Waals surface area contributed by atoms with Gasteiger partial charge in [-0.05, 0) is 55.7 Å². The van der Waals surface area contributed by atoms with E-state index in [9.17, 15) is 4.79 Å². The lowest BCUT2D eigenvalue weighted by Crippen LogP contribution is -2.48. The number of pyridine rings is 2. The molecular formula is C29H33N7O3. The minimum Gasteiger partial charge on any atom is -0.494 e. The van der Waals surface area contributed by atoms with E-state index in [-0.39, 0.29) is 0 Å². The Morgan fingerprint density at radius 3 is 2.72 bits per heavy atom. The summed E-state index contributed by atoms with van der Waals surface area (Å²) in [6.07, 6.45) is 7.36. The molecule has 1 aliphatic carbocycles. The molecule has 4 heterocycles. The average Bonchev–Trinajstić information content (AvgIpc) is 3.73. The van der Waals surface area contributed by atoms with Crippen molar-refractivity contribution in [3.05, 3.63) is 54.5 Å². The average molecular weight is 528 g/mol. The van der Waals surface area contributed by atoms with E-state index < -0.39 is 0 Å². The molecule has 1 amide bonds. The highest BCUT2D eigenvalue weighted by Crippen LogP contribution is 2.40. The number of piperazine rings is 1. The van der Waals surface area contributed by atoms with E-state index >= 15 is 0 Å². The van der Waals surface area contributed by atoms with E-state index in [1.54, 1.807) is 19.5 Å². The number of fused-ring (bicyclic) bond motifs is 1. The SMILES string of the molecule is CCOc1c(-c2ccncc2OC)ccc2[nH]c(Nc3cc(CN4CCN(C(=O)C5CC5)CC4)ccn3)nc12. The first-order valence-corrected chi connectivity index (χ1v) is 13.5. The molecule has 10 heteroatoms. The number of methoxy groups -OCH3 is 1. The van der Waals surface area contributed by atoms with Crippen LogP contribution in [0.1, 0.15) is 25.3 Å². The molecular weight excluding hydrogens is 494 g/mol. The standard InChI is InChI=1S/C29H33N7O3/c1-3-39-27-22(21-9-10-30-17-24(21)38-2)6-7-23-26(27)34-29(32-23)33-25-16-19(8-11-31-25)18-35-12-14-36(15-13-35)28(37)20-4-5-20/h6-11,16-17,20H,3-5,12-15,18H2,1-2H3,(H2,31,32,33,34). The number of hydrogen-bond acceptors (Lipinski definition) is 8. The third-order valence-corrected chi connectivity index (χ3v) is 7.28. The number of ether oxygens (including phenoxy) is 2. The number of aromatic nitrogens is 4. The van der Waals surface area contributed by atoms with Crippen LogP contribution in [0.2, 0.25) is 0 Å². The summed E-state index contributed by atoms with van der Waals surface area (Å²) in [6, 6.07) is 9.99. The Morgan fingerprint density at radius 2 is 1.95 bits per heavy atom. The Morgan fingerprint density at radius 1 is 1.10 bits per heavy atom. The van der Waals surface area contributed by atoms with Gasteiger partial charge in [0, 0.05) is 62.2 Å². The van der Waals surface area contributed by atoms with Crippen LogP contribution < -0.4 is 14.8 Å². The number of carbonyl (C=O) groups excluding carboxylic acids is 1. The van der Waals surface area contributed by atoms with Gasteiger partial charge in [0.05, 0.1) is 25.4 Å². The molecule has 202 valence electrons. The Balaban J connectivity index is 1.18. The van der Waals surface area contributed by atoms with E-state index in [1.807, 2.05) is 48.4 Å². The fraction of sp³-hybridized carbons (Fsp3) is 0.379. The molecule has 1 saturated carbocycles. The van der Waals surface area contributed by atoms with Crippen molar-refractivity contribution >= 4 is 28.7 Å². The van der Waals surface area contributed by atoms with Crippen LogP contribution in [0.5, 0.6) is 11.5 Å². The zero-order chi connectivity index (χ0) is 26.8. The Labute approximate surface area is 227 Å². The molecule has 2 fully saturated rings. The quantitative estimate of drug-likeness (QED) is 0.333. The van der Waals surface area contributed by atoms with Crippen molar-refractivity contribution in [2.75, 3.05) is 45.2 Å². The summed E-state index contributed by atoms with van der Waals surface area (Å²) in [5.74, 6) is 3.28. The second-order valence-corrected chi connectivity index (χ2v) is 9.98. The highest BCUT2D eigenvalue weighted by molar-refractivity contribution is 5.93. The number of nitrogens with one attached hydrogen (secondary N) is 2. The normalized spacial score (nSPS) is 15.9. The molecule has 2 N–H and O–H groups in total. The van der Waals surface area contributed by atoms with Crippen LogP contribution in [-0.2, 0) is 11.3 Å². The lowest BCUT2D eigenvalue weighted by Gasteiger charge is -2.34. The van der Waals surface area contributed by atoms with Crippen molar-refractivity contribution < 1.29 is 14.3 Å². The summed E-state index contributed by atoms with van der Waals surface area (Å²) < 4.78 is 11.6. The molecule has 1 aromatic carbocycles. The molecule has 3 aromatic heterocycles. The number of benzene rings is 1. The molecule has 0 unspecified atom stereocenters. The van der Waals surface area contributed by atoms with Gasteiger partial charge in [-0.3, -0.25) is 14.7 Å². The monoisotopic (exact) mass is 527 g/mol. The van der Waals surface area contributed by atoms with E-state index in [0.29, 0.717) is 41.7 Å². The molecule has 0 bridgehead atoms. The zero-order valence-electron chi connectivity index (χ0n) is 22.3. The van der Waals surface area contributed by atoms with Crippen molar-refractivity contribution in [1.82, 2.24) is 29.7 Å². The first kappa shape index (κ1) is 25.1. The number of anilines is 2. The van der Waals surface area contributed by atoms with E-state index in [0.717, 1.165) is 73.3 Å². The van der Waals surface area contributed by atoms with Crippen LogP contribution in [0, 0.1) is 5.92 Å². The molecule has 0 spiro atoms. The summed E-state index contributed by atoms with van der Waals surface area (Å²) in [5, 5.41) is 3.32. The number of H-pyrrole nitrogens is 1. The van der Waals surface area contributed by atoms with Gasteiger partial charge < -0.3 is 24.7 Å². The second kappa shape index (κ2) is 10.9. The summed E-state index contributed by atoms with van der Waals surface area (Å²) >= 11 is 0. The Kier molecular flexibility index (Phi) is 7.02. The van der Waals surface area contributed by atoms with Crippen molar-refractivity contribution in [1.29, 1.82) is 0 Å². The smallest absolute Gasteiger partial charge is 0.225 e. The van der Waals surface area contributed by atoms with Gasteiger partial charge in [-0.15, -0.1) is 0 Å². The molecule has 1 aliphatic heterocycles. The van der Waals surface area contributed by atoms with E-state index in [2.05, 4.69) is 25.2 Å². The van der Waals surface area contributed by atoms with Crippen molar-refractivity contribution in [3.8, 4) is 22.6 Å². The topological polar surface area (TPSA) is 108 Å². The van der Waals surface area contributed by atoms with Crippen molar-refractivity contribution in [2.45, 2.75) is 26.3 Å². The molecule has 1 saturated heterocycles. The maximum absolute atomic E-state index is 12.4. The Hall–Kier alpha value is -4.18. The number of imidazole rings is 1. The minimum absolute atomic E-state index is 0.290. The number of nitrogens with zero attached hydrogens (tertiary/aromatic N) is 5. The summed E-state index contributed by atoms with van der Waals surface area (Å²) in [5.41, 5.74) is 4.52. The van der Waals surface area contributed by atoms with Crippen LogP contribution in [0.15, 0.2) is 48.9 Å². The van der Waals surface area contributed by atoms with E-state index in [4.69, 9.17) is 14.5 Å². The predicted octanol–water partition coefficient (Wildman–Crippen LogP) is 4.23. The summed E-state index contributed by atoms with van der Waals surface area (Å²) in [7, 11) is 1.63. The molecule has 10 nitrogen and oxygen atoms in total. The summed E-state index contributed by atoms with van der Waals surface area (Å²) in [6.45, 7) is 6.66. The number of amides is 1. The number of rotatable bonds is 9. The molecule has 39 heavy (non-hydrogen) atoms. The van der Waals surface area contributed by atoms with Gasteiger partial charge in [-0.25, -0.2) is 9.97 Å². The van der Waals surface area contributed by atoms with Gasteiger partial charge >= 0.3 is 0 Å².